The van der Waals surface area contributed by atoms with E-state index >= 15 is 0 Å². The second-order valence-electron chi connectivity index (χ2n) is 2.48. The average Bonchev–Trinajstić information content (AvgIpc) is 2.16. The molecule has 0 fully saturated rings. The Bertz CT molecular complexity index is 118. The maximum absolute atomic E-state index is 4.22. The summed E-state index contributed by atoms with van der Waals surface area (Å²) >= 11 is 0. The highest BCUT2D eigenvalue weighted by Gasteiger charge is 2.14. The predicted molar refractivity (Wildman–Crippen MR) is 46.3 cm³/mol. The van der Waals surface area contributed by atoms with E-state index in [1.54, 1.807) is 0 Å². The first-order chi connectivity index (χ1) is 4.70. The Labute approximate surface area is 63.9 Å². The summed E-state index contributed by atoms with van der Waals surface area (Å²) < 4.78 is 0. The third kappa shape index (κ3) is 2.38. The molecule has 0 aliphatic carbocycles. The van der Waals surface area contributed by atoms with Crippen LogP contribution in [0, 0.1) is 5.92 Å². The van der Waals surface area contributed by atoms with Crippen molar-refractivity contribution in [1.29, 1.82) is 0 Å². The van der Waals surface area contributed by atoms with Gasteiger partial charge in [-0.3, -0.25) is 5.01 Å². The van der Waals surface area contributed by atoms with Gasteiger partial charge in [-0.1, -0.05) is 20.8 Å². The van der Waals surface area contributed by atoms with Gasteiger partial charge in [-0.25, -0.2) is 0 Å². The van der Waals surface area contributed by atoms with Crippen LogP contribution in [-0.4, -0.2) is 24.3 Å². The van der Waals surface area contributed by atoms with Gasteiger partial charge >= 0.3 is 0 Å². The molecule has 1 heterocycles. The van der Waals surface area contributed by atoms with Crippen molar-refractivity contribution < 1.29 is 0 Å². The maximum atomic E-state index is 4.22. The molecule has 10 heavy (non-hydrogen) atoms. The zero-order valence-corrected chi connectivity index (χ0v) is 7.68. The molecule has 1 aliphatic heterocycles. The third-order valence-corrected chi connectivity index (χ3v) is 1.58. The van der Waals surface area contributed by atoms with Gasteiger partial charge in [0.25, 0.3) is 0 Å². The van der Waals surface area contributed by atoms with Crippen LogP contribution in [0.1, 0.15) is 27.7 Å². The molecule has 0 bridgehead atoms. The standard InChI is InChI=1S/C6H12N2.C2H6/c1-5-4-8(3)7-6(5)2;1-2/h5H,4H2,1-3H3;1-2H3. The van der Waals surface area contributed by atoms with Crippen molar-refractivity contribution in [2.45, 2.75) is 27.7 Å². The van der Waals surface area contributed by atoms with Crippen LogP contribution in [-0.2, 0) is 0 Å². The minimum absolute atomic E-state index is 0.667. The van der Waals surface area contributed by atoms with Crippen LogP contribution in [0.5, 0.6) is 0 Å². The molecule has 0 aromatic rings. The number of hydrogen-bond donors (Lipinski definition) is 0. The van der Waals surface area contributed by atoms with Gasteiger partial charge in [0, 0.05) is 25.2 Å². The molecule has 1 rings (SSSR count). The van der Waals surface area contributed by atoms with E-state index in [0.717, 1.165) is 6.54 Å². The summed E-state index contributed by atoms with van der Waals surface area (Å²) in [4.78, 5) is 0. The van der Waals surface area contributed by atoms with E-state index in [2.05, 4.69) is 18.9 Å². The molecule has 0 spiro atoms. The van der Waals surface area contributed by atoms with E-state index in [-0.39, 0.29) is 0 Å². The molecule has 0 aromatic carbocycles. The third-order valence-electron chi connectivity index (χ3n) is 1.58. The molecule has 0 saturated heterocycles. The molecule has 0 aromatic heterocycles. The van der Waals surface area contributed by atoms with Crippen LogP contribution in [0.15, 0.2) is 5.10 Å². The fourth-order valence-corrected chi connectivity index (χ4v) is 0.937. The number of rotatable bonds is 0. The van der Waals surface area contributed by atoms with Gasteiger partial charge in [0.2, 0.25) is 0 Å². The Morgan fingerprint density at radius 3 is 2.10 bits per heavy atom. The summed E-state index contributed by atoms with van der Waals surface area (Å²) in [7, 11) is 2.01. The Morgan fingerprint density at radius 2 is 2.00 bits per heavy atom. The van der Waals surface area contributed by atoms with Crippen molar-refractivity contribution in [3.8, 4) is 0 Å². The van der Waals surface area contributed by atoms with Crippen molar-refractivity contribution in [3.05, 3.63) is 0 Å². The van der Waals surface area contributed by atoms with Gasteiger partial charge in [-0.15, -0.1) is 0 Å². The largest absolute Gasteiger partial charge is 0.300 e. The second kappa shape index (κ2) is 4.31. The topological polar surface area (TPSA) is 15.6 Å². The van der Waals surface area contributed by atoms with E-state index < -0.39 is 0 Å². The first kappa shape index (κ1) is 9.47. The molecule has 60 valence electrons. The molecular formula is C8H18N2. The summed E-state index contributed by atoms with van der Waals surface area (Å²) in [6, 6.07) is 0. The fourth-order valence-electron chi connectivity index (χ4n) is 0.937. The van der Waals surface area contributed by atoms with Gasteiger partial charge in [-0.05, 0) is 6.92 Å². The average molecular weight is 142 g/mol. The molecular weight excluding hydrogens is 124 g/mol. The van der Waals surface area contributed by atoms with Gasteiger partial charge in [-0.2, -0.15) is 5.10 Å². The number of hydrazone groups is 1. The molecule has 0 radical (unpaired) electrons. The molecule has 2 nitrogen and oxygen atoms in total. The quantitative estimate of drug-likeness (QED) is 0.505. The Morgan fingerprint density at radius 1 is 1.50 bits per heavy atom. The Hall–Kier alpha value is -0.530. The van der Waals surface area contributed by atoms with Crippen molar-refractivity contribution >= 4 is 5.71 Å². The summed E-state index contributed by atoms with van der Waals surface area (Å²) in [5.74, 6) is 0.667. The molecule has 0 amide bonds. The second-order valence-corrected chi connectivity index (χ2v) is 2.48. The number of hydrogen-bond acceptors (Lipinski definition) is 2. The Balaban J connectivity index is 0.000000371. The zero-order chi connectivity index (χ0) is 8.15. The summed E-state index contributed by atoms with van der Waals surface area (Å²) in [6.45, 7) is 9.36. The first-order valence-electron chi connectivity index (χ1n) is 3.96. The van der Waals surface area contributed by atoms with Gasteiger partial charge in [0.15, 0.2) is 0 Å². The summed E-state index contributed by atoms with van der Waals surface area (Å²) in [5.41, 5.74) is 1.26. The zero-order valence-electron chi connectivity index (χ0n) is 7.68. The van der Waals surface area contributed by atoms with E-state index in [0.29, 0.717) is 5.92 Å². The van der Waals surface area contributed by atoms with Gasteiger partial charge < -0.3 is 0 Å². The molecule has 2 heteroatoms. The fraction of sp³-hybridized carbons (Fsp3) is 0.875. The highest BCUT2D eigenvalue weighted by atomic mass is 15.5. The van der Waals surface area contributed by atoms with Crippen LogP contribution in [0.25, 0.3) is 0 Å². The smallest absolute Gasteiger partial charge is 0.0435 e. The molecule has 0 saturated carbocycles. The van der Waals surface area contributed by atoms with E-state index in [9.17, 15) is 0 Å². The van der Waals surface area contributed by atoms with Crippen molar-refractivity contribution in [1.82, 2.24) is 5.01 Å². The summed E-state index contributed by atoms with van der Waals surface area (Å²) in [6.07, 6.45) is 0. The highest BCUT2D eigenvalue weighted by Crippen LogP contribution is 2.09. The van der Waals surface area contributed by atoms with Crippen LogP contribution >= 0.6 is 0 Å². The maximum Gasteiger partial charge on any atom is 0.0435 e. The van der Waals surface area contributed by atoms with Crippen molar-refractivity contribution in [3.63, 3.8) is 0 Å². The summed E-state index contributed by atoms with van der Waals surface area (Å²) in [5, 5.41) is 6.21. The van der Waals surface area contributed by atoms with Crippen LogP contribution in [0.4, 0.5) is 0 Å². The van der Waals surface area contributed by atoms with E-state index in [1.807, 2.05) is 25.9 Å². The lowest BCUT2D eigenvalue weighted by atomic mass is 10.1. The lowest BCUT2D eigenvalue weighted by Gasteiger charge is -2.04. The van der Waals surface area contributed by atoms with Crippen molar-refractivity contribution in [2.24, 2.45) is 11.0 Å². The van der Waals surface area contributed by atoms with Crippen LogP contribution in [0.2, 0.25) is 0 Å². The molecule has 1 unspecified atom stereocenters. The first-order valence-corrected chi connectivity index (χ1v) is 3.96. The minimum Gasteiger partial charge on any atom is -0.300 e. The number of nitrogens with zero attached hydrogens (tertiary/aromatic N) is 2. The molecule has 1 atom stereocenters. The minimum atomic E-state index is 0.667. The van der Waals surface area contributed by atoms with Gasteiger partial charge in [0.05, 0.1) is 0 Å². The normalized spacial score (nSPS) is 23.5. The Kier molecular flexibility index (Phi) is 4.08. The highest BCUT2D eigenvalue weighted by molar-refractivity contribution is 5.85. The predicted octanol–water partition coefficient (Wildman–Crippen LogP) is 1.97. The molecule has 1 aliphatic rings. The molecule has 0 N–H and O–H groups in total. The van der Waals surface area contributed by atoms with Crippen LogP contribution in [0.3, 0.4) is 0 Å². The SMILES string of the molecule is CC.CC1=NN(C)CC1C. The lowest BCUT2D eigenvalue weighted by molar-refractivity contribution is 0.368. The van der Waals surface area contributed by atoms with Crippen molar-refractivity contribution in [2.75, 3.05) is 13.6 Å². The van der Waals surface area contributed by atoms with Crippen LogP contribution < -0.4 is 0 Å². The van der Waals surface area contributed by atoms with Gasteiger partial charge in [0.1, 0.15) is 0 Å². The van der Waals surface area contributed by atoms with E-state index in [1.165, 1.54) is 5.71 Å². The lowest BCUT2D eigenvalue weighted by Crippen LogP contribution is -2.11. The monoisotopic (exact) mass is 142 g/mol. The van der Waals surface area contributed by atoms with E-state index in [4.69, 9.17) is 0 Å².